The molecule has 0 saturated carbocycles. The summed E-state index contributed by atoms with van der Waals surface area (Å²) < 4.78 is 6.00. The van der Waals surface area contributed by atoms with Crippen molar-refractivity contribution in [2.45, 2.75) is 48.0 Å². The van der Waals surface area contributed by atoms with Crippen LogP contribution in [-0.2, 0) is 9.53 Å². The van der Waals surface area contributed by atoms with E-state index in [1.165, 1.54) is 4.90 Å². The predicted octanol–water partition coefficient (Wildman–Crippen LogP) is 3.06. The Morgan fingerprint density at radius 2 is 2.12 bits per heavy atom. The summed E-state index contributed by atoms with van der Waals surface area (Å²) in [5, 5.41) is 0.425. The summed E-state index contributed by atoms with van der Waals surface area (Å²) in [7, 11) is 0. The minimum atomic E-state index is -0.202. The number of rotatable bonds is 2. The van der Waals surface area contributed by atoms with Gasteiger partial charge in [0.2, 0.25) is 0 Å². The monoisotopic (exact) mass is 248 g/mol. The molecular weight excluding hydrogens is 232 g/mol. The van der Waals surface area contributed by atoms with Crippen molar-refractivity contribution in [2.75, 3.05) is 0 Å². The van der Waals surface area contributed by atoms with Crippen LogP contribution in [0.25, 0.3) is 0 Å². The molecular formula is C14H16O2S. The molecule has 0 N–H and O–H groups in total. The van der Waals surface area contributed by atoms with Crippen molar-refractivity contribution in [3.8, 4) is 0 Å². The lowest BCUT2D eigenvalue weighted by molar-refractivity contribution is -0.137. The molecule has 3 rings (SSSR count). The highest BCUT2D eigenvalue weighted by atomic mass is 32.2. The molecule has 0 amide bonds. The van der Waals surface area contributed by atoms with Gasteiger partial charge in [-0.2, -0.15) is 0 Å². The van der Waals surface area contributed by atoms with E-state index in [1.807, 2.05) is 17.8 Å². The van der Waals surface area contributed by atoms with Gasteiger partial charge in [-0.3, -0.25) is 4.79 Å². The summed E-state index contributed by atoms with van der Waals surface area (Å²) in [6, 6.07) is 10.4. The maximum atomic E-state index is 11.6. The number of ketones is 1. The lowest BCUT2D eigenvalue weighted by atomic mass is 9.97. The van der Waals surface area contributed by atoms with Gasteiger partial charge >= 0.3 is 0 Å². The van der Waals surface area contributed by atoms with E-state index in [1.54, 1.807) is 0 Å². The number of hydrogen-bond donors (Lipinski definition) is 0. The van der Waals surface area contributed by atoms with Gasteiger partial charge in [-0.1, -0.05) is 18.2 Å². The first-order valence-electron chi connectivity index (χ1n) is 6.06. The van der Waals surface area contributed by atoms with Crippen molar-refractivity contribution in [2.24, 2.45) is 0 Å². The maximum absolute atomic E-state index is 11.6. The van der Waals surface area contributed by atoms with Gasteiger partial charge in [-0.15, -0.1) is 11.8 Å². The number of ether oxygens (including phenoxy) is 1. The first-order valence-corrected chi connectivity index (χ1v) is 6.94. The van der Waals surface area contributed by atoms with Gasteiger partial charge in [0.25, 0.3) is 0 Å². The normalized spacial score (nSPS) is 36.2. The third kappa shape index (κ3) is 2.26. The summed E-state index contributed by atoms with van der Waals surface area (Å²) in [6.07, 6.45) is 2.30. The Bertz CT molecular complexity index is 431. The number of thioether (sulfide) groups is 1. The quantitative estimate of drug-likeness (QED) is 0.804. The van der Waals surface area contributed by atoms with Gasteiger partial charge < -0.3 is 4.74 Å². The Morgan fingerprint density at radius 1 is 1.35 bits per heavy atom. The maximum Gasteiger partial charge on any atom is 0.138 e. The molecule has 2 saturated heterocycles. The lowest BCUT2D eigenvalue weighted by Crippen LogP contribution is -2.34. The van der Waals surface area contributed by atoms with Crippen LogP contribution in [0.1, 0.15) is 26.2 Å². The molecule has 1 aromatic rings. The number of hydrogen-bond acceptors (Lipinski definition) is 3. The fourth-order valence-corrected chi connectivity index (χ4v) is 4.24. The highest BCUT2D eigenvalue weighted by Crippen LogP contribution is 2.46. The summed E-state index contributed by atoms with van der Waals surface area (Å²) in [5.41, 5.74) is -0.202. The van der Waals surface area contributed by atoms with Gasteiger partial charge in [0.05, 0.1) is 11.7 Å². The Labute approximate surface area is 106 Å². The first-order chi connectivity index (χ1) is 8.15. The second-order valence-electron chi connectivity index (χ2n) is 5.20. The fourth-order valence-electron chi connectivity index (χ4n) is 2.84. The number of carbonyl (C=O) groups excluding carboxylic acids is 1. The first kappa shape index (κ1) is 11.3. The van der Waals surface area contributed by atoms with Crippen LogP contribution in [0.4, 0.5) is 0 Å². The summed E-state index contributed by atoms with van der Waals surface area (Å²) in [6.45, 7) is 2.07. The van der Waals surface area contributed by atoms with Gasteiger partial charge in [0, 0.05) is 23.0 Å². The Morgan fingerprint density at radius 3 is 2.88 bits per heavy atom. The van der Waals surface area contributed by atoms with E-state index in [-0.39, 0.29) is 11.7 Å². The van der Waals surface area contributed by atoms with Crippen molar-refractivity contribution in [3.63, 3.8) is 0 Å². The largest absolute Gasteiger partial charge is 0.370 e. The van der Waals surface area contributed by atoms with E-state index in [0.717, 1.165) is 6.42 Å². The molecule has 3 heteroatoms. The van der Waals surface area contributed by atoms with Gasteiger partial charge in [-0.05, 0) is 25.5 Å². The molecule has 2 heterocycles. The third-order valence-electron chi connectivity index (χ3n) is 3.51. The number of benzene rings is 1. The highest BCUT2D eigenvalue weighted by molar-refractivity contribution is 8.00. The summed E-state index contributed by atoms with van der Waals surface area (Å²) in [4.78, 5) is 12.9. The number of fused-ring (bicyclic) bond motifs is 2. The molecule has 0 aromatic heterocycles. The minimum Gasteiger partial charge on any atom is -0.370 e. The molecule has 90 valence electrons. The lowest BCUT2D eigenvalue weighted by Gasteiger charge is -2.28. The van der Waals surface area contributed by atoms with Crippen molar-refractivity contribution in [1.29, 1.82) is 0 Å². The third-order valence-corrected chi connectivity index (χ3v) is 4.83. The zero-order valence-electron chi connectivity index (χ0n) is 9.89. The van der Waals surface area contributed by atoms with Gasteiger partial charge in [0.15, 0.2) is 0 Å². The molecule has 0 radical (unpaired) electrons. The SMILES string of the molecule is C[C@]12CC(=O)C[C@H](O1)[C@H](Sc1ccccc1)C2. The molecule has 3 atom stereocenters. The van der Waals surface area contributed by atoms with Crippen LogP contribution in [0, 0.1) is 0 Å². The zero-order chi connectivity index (χ0) is 11.9. The average Bonchev–Trinajstić information content (AvgIpc) is 2.50. The molecule has 2 fully saturated rings. The van der Waals surface area contributed by atoms with Crippen LogP contribution >= 0.6 is 11.8 Å². The van der Waals surface area contributed by atoms with E-state index in [0.29, 0.717) is 23.9 Å². The molecule has 1 aromatic carbocycles. The zero-order valence-corrected chi connectivity index (χ0v) is 10.7. The molecule has 17 heavy (non-hydrogen) atoms. The van der Waals surface area contributed by atoms with E-state index < -0.39 is 0 Å². The second kappa shape index (κ2) is 4.14. The minimum absolute atomic E-state index is 0.117. The Balaban J connectivity index is 1.76. The molecule has 0 spiro atoms. The highest BCUT2D eigenvalue weighted by Gasteiger charge is 2.49. The molecule has 0 unspecified atom stereocenters. The predicted molar refractivity (Wildman–Crippen MR) is 68.2 cm³/mol. The topological polar surface area (TPSA) is 26.3 Å². The van der Waals surface area contributed by atoms with Crippen molar-refractivity contribution >= 4 is 17.5 Å². The van der Waals surface area contributed by atoms with Crippen molar-refractivity contribution in [3.05, 3.63) is 30.3 Å². The van der Waals surface area contributed by atoms with Crippen molar-refractivity contribution < 1.29 is 9.53 Å². The standard InChI is InChI=1S/C14H16O2S/c1-14-8-10(15)7-12(16-14)13(9-14)17-11-5-3-2-4-6-11/h2-6,12-13H,7-9H2,1H3/t12-,13+,14+/m0/s1. The average molecular weight is 248 g/mol. The smallest absolute Gasteiger partial charge is 0.138 e. The van der Waals surface area contributed by atoms with Crippen LogP contribution < -0.4 is 0 Å². The van der Waals surface area contributed by atoms with Crippen LogP contribution in [-0.4, -0.2) is 22.7 Å². The Kier molecular flexibility index (Phi) is 2.75. The number of Topliss-reactive ketones (excluding diaryl/α,β-unsaturated/α-hetero) is 1. The van der Waals surface area contributed by atoms with E-state index in [2.05, 4.69) is 31.2 Å². The van der Waals surface area contributed by atoms with Crippen LogP contribution in [0.5, 0.6) is 0 Å². The molecule has 2 aliphatic rings. The van der Waals surface area contributed by atoms with Crippen molar-refractivity contribution in [1.82, 2.24) is 0 Å². The van der Waals surface area contributed by atoms with E-state index >= 15 is 0 Å². The van der Waals surface area contributed by atoms with Crippen LogP contribution in [0.15, 0.2) is 35.2 Å². The van der Waals surface area contributed by atoms with Crippen LogP contribution in [0.3, 0.4) is 0 Å². The fraction of sp³-hybridized carbons (Fsp3) is 0.500. The molecule has 2 bridgehead atoms. The molecule has 2 aliphatic heterocycles. The van der Waals surface area contributed by atoms with E-state index in [4.69, 9.17) is 4.74 Å². The van der Waals surface area contributed by atoms with E-state index in [9.17, 15) is 4.79 Å². The second-order valence-corrected chi connectivity index (χ2v) is 6.51. The van der Waals surface area contributed by atoms with Crippen LogP contribution in [0.2, 0.25) is 0 Å². The molecule has 2 nitrogen and oxygen atoms in total. The van der Waals surface area contributed by atoms with Gasteiger partial charge in [0.1, 0.15) is 5.78 Å². The number of carbonyl (C=O) groups is 1. The molecule has 0 aliphatic carbocycles. The van der Waals surface area contributed by atoms with Gasteiger partial charge in [-0.25, -0.2) is 0 Å². The summed E-state index contributed by atoms with van der Waals surface area (Å²) in [5.74, 6) is 0.361. The Hall–Kier alpha value is -0.800. The summed E-state index contributed by atoms with van der Waals surface area (Å²) >= 11 is 1.85.